The molecule has 4 heteroatoms. The molecular formula is C13H16ClNO2. The van der Waals surface area contributed by atoms with Gasteiger partial charge in [0.25, 0.3) is 0 Å². The number of hydrogen-bond acceptors (Lipinski definition) is 3. The second-order valence-electron chi connectivity index (χ2n) is 4.82. The lowest BCUT2D eigenvalue weighted by Gasteiger charge is -2.38. The van der Waals surface area contributed by atoms with Crippen molar-refractivity contribution in [3.8, 4) is 5.75 Å². The van der Waals surface area contributed by atoms with E-state index in [1.807, 2.05) is 25.2 Å². The molecule has 0 radical (unpaired) electrons. The average molecular weight is 254 g/mol. The molecule has 2 aliphatic heterocycles. The maximum absolute atomic E-state index is 6.14. The van der Waals surface area contributed by atoms with Gasteiger partial charge in [-0.3, -0.25) is 0 Å². The molecule has 2 atom stereocenters. The van der Waals surface area contributed by atoms with Crippen molar-refractivity contribution in [1.82, 2.24) is 5.32 Å². The maximum Gasteiger partial charge on any atom is 0.136 e. The van der Waals surface area contributed by atoms with E-state index in [1.165, 1.54) is 0 Å². The molecule has 0 saturated carbocycles. The van der Waals surface area contributed by atoms with Crippen LogP contribution in [0.5, 0.6) is 5.75 Å². The summed E-state index contributed by atoms with van der Waals surface area (Å²) in [5.74, 6) is 0.936. The fourth-order valence-corrected chi connectivity index (χ4v) is 2.91. The second-order valence-corrected chi connectivity index (χ2v) is 5.25. The van der Waals surface area contributed by atoms with Gasteiger partial charge in [0.05, 0.1) is 13.2 Å². The highest BCUT2D eigenvalue weighted by Crippen LogP contribution is 2.43. The third kappa shape index (κ3) is 1.92. The summed E-state index contributed by atoms with van der Waals surface area (Å²) < 4.78 is 11.6. The number of nitrogens with one attached hydrogen (secondary N) is 1. The molecule has 2 unspecified atom stereocenters. The molecule has 1 spiro atoms. The van der Waals surface area contributed by atoms with E-state index in [4.69, 9.17) is 21.1 Å². The van der Waals surface area contributed by atoms with E-state index in [9.17, 15) is 0 Å². The zero-order valence-corrected chi connectivity index (χ0v) is 10.6. The van der Waals surface area contributed by atoms with Gasteiger partial charge in [0, 0.05) is 29.5 Å². The molecule has 1 saturated heterocycles. The Labute approximate surface area is 106 Å². The molecule has 0 aliphatic carbocycles. The summed E-state index contributed by atoms with van der Waals surface area (Å²) in [4.78, 5) is 0. The minimum atomic E-state index is -0.144. The van der Waals surface area contributed by atoms with Crippen molar-refractivity contribution in [2.24, 2.45) is 0 Å². The summed E-state index contributed by atoms with van der Waals surface area (Å²) in [6, 6.07) is 6.11. The first-order valence-electron chi connectivity index (χ1n) is 5.96. The van der Waals surface area contributed by atoms with E-state index in [2.05, 4.69) is 5.32 Å². The van der Waals surface area contributed by atoms with Crippen molar-refractivity contribution in [1.29, 1.82) is 0 Å². The smallest absolute Gasteiger partial charge is 0.136 e. The standard InChI is InChI=1S/C13H16ClNO2/c1-15-11-7-13(4-5-16-8-13)17-12-3-2-9(14)6-10(11)12/h2-3,6,11,15H,4-5,7-8H2,1H3. The van der Waals surface area contributed by atoms with Crippen LogP contribution in [0.15, 0.2) is 18.2 Å². The number of benzene rings is 1. The zero-order valence-electron chi connectivity index (χ0n) is 9.83. The SMILES string of the molecule is CNC1CC2(CCOC2)Oc2ccc(Cl)cc21. The third-order valence-corrected chi connectivity index (χ3v) is 3.90. The molecule has 17 heavy (non-hydrogen) atoms. The minimum Gasteiger partial charge on any atom is -0.484 e. The second kappa shape index (κ2) is 4.16. The highest BCUT2D eigenvalue weighted by Gasteiger charge is 2.43. The van der Waals surface area contributed by atoms with Gasteiger partial charge in [0.15, 0.2) is 0 Å². The highest BCUT2D eigenvalue weighted by molar-refractivity contribution is 6.30. The summed E-state index contributed by atoms with van der Waals surface area (Å²) >= 11 is 6.04. The lowest BCUT2D eigenvalue weighted by atomic mass is 9.86. The quantitative estimate of drug-likeness (QED) is 0.834. The maximum atomic E-state index is 6.14. The molecule has 3 nitrogen and oxygen atoms in total. The van der Waals surface area contributed by atoms with Gasteiger partial charge in [-0.15, -0.1) is 0 Å². The lowest BCUT2D eigenvalue weighted by Crippen LogP contribution is -2.44. The van der Waals surface area contributed by atoms with Crippen LogP contribution in [0.25, 0.3) is 0 Å². The van der Waals surface area contributed by atoms with Crippen molar-refractivity contribution in [2.45, 2.75) is 24.5 Å². The summed E-state index contributed by atoms with van der Waals surface area (Å²) in [5.41, 5.74) is 1.01. The topological polar surface area (TPSA) is 30.5 Å². The number of ether oxygens (including phenoxy) is 2. The molecule has 2 aliphatic rings. The predicted molar refractivity (Wildman–Crippen MR) is 66.7 cm³/mol. The third-order valence-electron chi connectivity index (χ3n) is 3.67. The van der Waals surface area contributed by atoms with Gasteiger partial charge in [-0.1, -0.05) is 11.6 Å². The zero-order chi connectivity index (χ0) is 11.9. The van der Waals surface area contributed by atoms with Crippen LogP contribution in [0.1, 0.15) is 24.4 Å². The highest BCUT2D eigenvalue weighted by atomic mass is 35.5. The first-order valence-corrected chi connectivity index (χ1v) is 6.34. The van der Waals surface area contributed by atoms with Crippen molar-refractivity contribution < 1.29 is 9.47 Å². The van der Waals surface area contributed by atoms with Crippen LogP contribution >= 0.6 is 11.6 Å². The number of rotatable bonds is 1. The molecule has 1 fully saturated rings. The van der Waals surface area contributed by atoms with Crippen molar-refractivity contribution >= 4 is 11.6 Å². The molecule has 1 N–H and O–H groups in total. The van der Waals surface area contributed by atoms with Gasteiger partial charge >= 0.3 is 0 Å². The molecule has 92 valence electrons. The van der Waals surface area contributed by atoms with Crippen molar-refractivity contribution in [2.75, 3.05) is 20.3 Å². The Bertz CT molecular complexity index is 429. The summed E-state index contributed by atoms with van der Waals surface area (Å²) in [6.07, 6.45) is 1.91. The Morgan fingerprint density at radius 2 is 2.35 bits per heavy atom. The van der Waals surface area contributed by atoms with E-state index < -0.39 is 0 Å². The van der Waals surface area contributed by atoms with Gasteiger partial charge < -0.3 is 14.8 Å². The molecule has 1 aromatic carbocycles. The Kier molecular flexibility index (Phi) is 2.77. The van der Waals surface area contributed by atoms with Gasteiger partial charge in [-0.05, 0) is 25.2 Å². The van der Waals surface area contributed by atoms with Gasteiger partial charge in [0.1, 0.15) is 11.4 Å². The Morgan fingerprint density at radius 1 is 1.47 bits per heavy atom. The lowest BCUT2D eigenvalue weighted by molar-refractivity contribution is 0.0198. The summed E-state index contributed by atoms with van der Waals surface area (Å²) in [6.45, 7) is 1.48. The van der Waals surface area contributed by atoms with Gasteiger partial charge in [0.2, 0.25) is 0 Å². The van der Waals surface area contributed by atoms with Crippen LogP contribution < -0.4 is 10.1 Å². The Balaban J connectivity index is 2.00. The van der Waals surface area contributed by atoms with Crippen LogP contribution in [0, 0.1) is 0 Å². The van der Waals surface area contributed by atoms with E-state index in [0.717, 1.165) is 35.8 Å². The summed E-state index contributed by atoms with van der Waals surface area (Å²) in [5, 5.41) is 4.10. The number of hydrogen-bond donors (Lipinski definition) is 1. The summed E-state index contributed by atoms with van der Waals surface area (Å²) in [7, 11) is 1.98. The van der Waals surface area contributed by atoms with E-state index >= 15 is 0 Å². The minimum absolute atomic E-state index is 0.144. The van der Waals surface area contributed by atoms with Crippen LogP contribution in [0.3, 0.4) is 0 Å². The first kappa shape index (κ1) is 11.3. The Morgan fingerprint density at radius 3 is 3.06 bits per heavy atom. The normalized spacial score (nSPS) is 31.3. The molecule has 1 aromatic rings. The number of fused-ring (bicyclic) bond motifs is 1. The van der Waals surface area contributed by atoms with Crippen LogP contribution in [0.2, 0.25) is 5.02 Å². The molecule has 0 aromatic heterocycles. The largest absolute Gasteiger partial charge is 0.484 e. The first-order chi connectivity index (χ1) is 8.22. The fraction of sp³-hybridized carbons (Fsp3) is 0.538. The predicted octanol–water partition coefficient (Wildman–Crippen LogP) is 2.54. The van der Waals surface area contributed by atoms with Crippen molar-refractivity contribution in [3.63, 3.8) is 0 Å². The van der Waals surface area contributed by atoms with Crippen LogP contribution in [-0.2, 0) is 4.74 Å². The Hall–Kier alpha value is -0.770. The molecule has 0 bridgehead atoms. The fourth-order valence-electron chi connectivity index (χ4n) is 2.73. The van der Waals surface area contributed by atoms with Crippen LogP contribution in [0.4, 0.5) is 0 Å². The molecule has 3 rings (SSSR count). The molecule has 2 heterocycles. The monoisotopic (exact) mass is 253 g/mol. The van der Waals surface area contributed by atoms with E-state index in [0.29, 0.717) is 12.6 Å². The van der Waals surface area contributed by atoms with Crippen molar-refractivity contribution in [3.05, 3.63) is 28.8 Å². The van der Waals surface area contributed by atoms with E-state index in [1.54, 1.807) is 0 Å². The van der Waals surface area contributed by atoms with Gasteiger partial charge in [-0.2, -0.15) is 0 Å². The average Bonchev–Trinajstić information content (AvgIpc) is 2.77. The molecule has 0 amide bonds. The van der Waals surface area contributed by atoms with Gasteiger partial charge in [-0.25, -0.2) is 0 Å². The number of halogens is 1. The molecular weight excluding hydrogens is 238 g/mol. The van der Waals surface area contributed by atoms with Crippen LogP contribution in [-0.4, -0.2) is 25.9 Å². The van der Waals surface area contributed by atoms with E-state index in [-0.39, 0.29) is 5.60 Å².